The Morgan fingerprint density at radius 1 is 1.21 bits per heavy atom. The lowest BCUT2D eigenvalue weighted by Gasteiger charge is -2.14. The molecule has 2 aromatic rings. The molecule has 1 aliphatic rings. The zero-order valence-corrected chi connectivity index (χ0v) is 15.9. The van der Waals surface area contributed by atoms with Gasteiger partial charge in [0.25, 0.3) is 0 Å². The molecule has 0 radical (unpaired) electrons. The standard InChI is InChI=1S/C19H29ClN4/c1-14(2)24-18-13-16(20)15(12-17(18)22-19(24)21-3)8-4-5-9-23-10-6-7-11-23/h12-14H,4-11H2,1-3H3,(H,21,22). The molecule has 0 unspecified atom stereocenters. The molecule has 1 N–H and O–H groups in total. The molecule has 0 spiro atoms. The van der Waals surface area contributed by atoms with E-state index >= 15 is 0 Å². The van der Waals surface area contributed by atoms with Crippen molar-refractivity contribution in [2.45, 2.75) is 52.0 Å². The first-order chi connectivity index (χ1) is 11.6. The molecule has 4 nitrogen and oxygen atoms in total. The number of nitrogens with zero attached hydrogens (tertiary/aromatic N) is 3. The lowest BCUT2D eigenvalue weighted by atomic mass is 10.1. The number of unbranched alkanes of at least 4 members (excludes halogenated alkanes) is 1. The number of hydrogen-bond donors (Lipinski definition) is 1. The fourth-order valence-corrected chi connectivity index (χ4v) is 3.96. The second-order valence-corrected chi connectivity index (χ2v) is 7.49. The monoisotopic (exact) mass is 348 g/mol. The summed E-state index contributed by atoms with van der Waals surface area (Å²) in [5, 5.41) is 4.06. The zero-order valence-electron chi connectivity index (χ0n) is 15.1. The van der Waals surface area contributed by atoms with E-state index in [9.17, 15) is 0 Å². The molecular formula is C19H29ClN4. The van der Waals surface area contributed by atoms with Gasteiger partial charge in [-0.1, -0.05) is 11.6 Å². The average Bonchev–Trinajstić information content (AvgIpc) is 3.18. The summed E-state index contributed by atoms with van der Waals surface area (Å²) in [5.74, 6) is 0.905. The van der Waals surface area contributed by atoms with Gasteiger partial charge in [-0.2, -0.15) is 0 Å². The molecule has 0 bridgehead atoms. The predicted molar refractivity (Wildman–Crippen MR) is 103 cm³/mol. The van der Waals surface area contributed by atoms with Crippen LogP contribution in [0.4, 0.5) is 5.95 Å². The van der Waals surface area contributed by atoms with Gasteiger partial charge < -0.3 is 14.8 Å². The van der Waals surface area contributed by atoms with Crippen molar-refractivity contribution in [3.05, 3.63) is 22.7 Å². The number of halogens is 1. The van der Waals surface area contributed by atoms with Crippen molar-refractivity contribution >= 4 is 28.6 Å². The highest BCUT2D eigenvalue weighted by Gasteiger charge is 2.15. The molecule has 0 aliphatic carbocycles. The minimum absolute atomic E-state index is 0.347. The van der Waals surface area contributed by atoms with Gasteiger partial charge in [0, 0.05) is 18.1 Å². The van der Waals surface area contributed by atoms with Crippen LogP contribution in [0.5, 0.6) is 0 Å². The normalized spacial score (nSPS) is 15.7. The third-order valence-corrected chi connectivity index (χ3v) is 5.32. The van der Waals surface area contributed by atoms with E-state index in [-0.39, 0.29) is 0 Å². The second-order valence-electron chi connectivity index (χ2n) is 7.09. The molecule has 2 heterocycles. The van der Waals surface area contributed by atoms with Crippen molar-refractivity contribution in [2.75, 3.05) is 32.0 Å². The maximum absolute atomic E-state index is 6.57. The lowest BCUT2D eigenvalue weighted by Crippen LogP contribution is -2.20. The number of anilines is 1. The molecule has 5 heteroatoms. The fraction of sp³-hybridized carbons (Fsp3) is 0.632. The Morgan fingerprint density at radius 3 is 2.62 bits per heavy atom. The number of rotatable bonds is 7. The van der Waals surface area contributed by atoms with E-state index < -0.39 is 0 Å². The van der Waals surface area contributed by atoms with Gasteiger partial charge in [0.1, 0.15) is 0 Å². The Bertz CT molecular complexity index is 686. The van der Waals surface area contributed by atoms with Gasteiger partial charge in [-0.05, 0) is 83.3 Å². The highest BCUT2D eigenvalue weighted by molar-refractivity contribution is 6.32. The Morgan fingerprint density at radius 2 is 1.96 bits per heavy atom. The predicted octanol–water partition coefficient (Wildman–Crippen LogP) is 4.73. The SMILES string of the molecule is CNc1nc2cc(CCCCN3CCCC3)c(Cl)cc2n1C(C)C. The number of hydrogen-bond acceptors (Lipinski definition) is 3. The summed E-state index contributed by atoms with van der Waals surface area (Å²) in [4.78, 5) is 7.31. The smallest absolute Gasteiger partial charge is 0.203 e. The van der Waals surface area contributed by atoms with Crippen LogP contribution in [0, 0.1) is 0 Å². The van der Waals surface area contributed by atoms with Gasteiger partial charge in [-0.15, -0.1) is 0 Å². The number of benzene rings is 1. The Labute approximate surface area is 150 Å². The minimum Gasteiger partial charge on any atom is -0.359 e. The van der Waals surface area contributed by atoms with Gasteiger partial charge in [-0.25, -0.2) is 4.98 Å². The van der Waals surface area contributed by atoms with E-state index in [0.717, 1.165) is 28.4 Å². The largest absolute Gasteiger partial charge is 0.359 e. The molecule has 24 heavy (non-hydrogen) atoms. The number of likely N-dealkylation sites (tertiary alicyclic amines) is 1. The van der Waals surface area contributed by atoms with E-state index in [4.69, 9.17) is 16.6 Å². The molecular weight excluding hydrogens is 320 g/mol. The van der Waals surface area contributed by atoms with Gasteiger partial charge in [0.05, 0.1) is 11.0 Å². The average molecular weight is 349 g/mol. The van der Waals surface area contributed by atoms with Gasteiger partial charge in [0.15, 0.2) is 0 Å². The van der Waals surface area contributed by atoms with Crippen molar-refractivity contribution in [1.82, 2.24) is 14.5 Å². The van der Waals surface area contributed by atoms with E-state index in [1.54, 1.807) is 0 Å². The molecule has 1 aromatic heterocycles. The molecule has 1 saturated heterocycles. The van der Waals surface area contributed by atoms with Crippen LogP contribution in [0.25, 0.3) is 11.0 Å². The first-order valence-corrected chi connectivity index (χ1v) is 9.58. The van der Waals surface area contributed by atoms with E-state index in [1.165, 1.54) is 50.9 Å². The number of aryl methyl sites for hydroxylation is 1. The molecule has 1 fully saturated rings. The lowest BCUT2D eigenvalue weighted by molar-refractivity contribution is 0.330. The maximum atomic E-state index is 6.57. The summed E-state index contributed by atoms with van der Waals surface area (Å²) in [7, 11) is 1.92. The molecule has 3 rings (SSSR count). The van der Waals surface area contributed by atoms with Crippen LogP contribution in [0.2, 0.25) is 5.02 Å². The van der Waals surface area contributed by atoms with Crippen molar-refractivity contribution in [1.29, 1.82) is 0 Å². The summed E-state index contributed by atoms with van der Waals surface area (Å²) in [6.07, 6.45) is 6.21. The topological polar surface area (TPSA) is 33.1 Å². The van der Waals surface area contributed by atoms with E-state index in [2.05, 4.69) is 40.8 Å². The second kappa shape index (κ2) is 7.75. The minimum atomic E-state index is 0.347. The fourth-order valence-electron chi connectivity index (χ4n) is 3.71. The van der Waals surface area contributed by atoms with Crippen LogP contribution in [0.15, 0.2) is 12.1 Å². The Balaban J connectivity index is 1.70. The molecule has 0 saturated carbocycles. The van der Waals surface area contributed by atoms with Crippen LogP contribution >= 0.6 is 11.6 Å². The third kappa shape index (κ3) is 3.70. The van der Waals surface area contributed by atoms with Crippen molar-refractivity contribution in [2.24, 2.45) is 0 Å². The molecule has 132 valence electrons. The molecule has 0 atom stereocenters. The van der Waals surface area contributed by atoms with Crippen LogP contribution in [0.1, 0.15) is 51.1 Å². The van der Waals surface area contributed by atoms with Gasteiger partial charge in [-0.3, -0.25) is 0 Å². The summed E-state index contributed by atoms with van der Waals surface area (Å²) < 4.78 is 2.21. The van der Waals surface area contributed by atoms with Crippen molar-refractivity contribution in [3.8, 4) is 0 Å². The molecule has 1 aromatic carbocycles. The van der Waals surface area contributed by atoms with E-state index in [1.807, 2.05) is 7.05 Å². The van der Waals surface area contributed by atoms with Crippen LogP contribution < -0.4 is 5.32 Å². The number of fused-ring (bicyclic) bond motifs is 1. The number of nitrogens with one attached hydrogen (secondary N) is 1. The first kappa shape index (κ1) is 17.6. The Hall–Kier alpha value is -1.26. The number of aromatic nitrogens is 2. The van der Waals surface area contributed by atoms with Gasteiger partial charge in [0.2, 0.25) is 5.95 Å². The summed E-state index contributed by atoms with van der Waals surface area (Å²) in [5.41, 5.74) is 3.37. The highest BCUT2D eigenvalue weighted by atomic mass is 35.5. The molecule has 1 aliphatic heterocycles. The summed E-state index contributed by atoms with van der Waals surface area (Å²) >= 11 is 6.57. The molecule has 0 amide bonds. The highest BCUT2D eigenvalue weighted by Crippen LogP contribution is 2.30. The first-order valence-electron chi connectivity index (χ1n) is 9.20. The summed E-state index contributed by atoms with van der Waals surface area (Å²) in [6.45, 7) is 8.13. The van der Waals surface area contributed by atoms with Crippen molar-refractivity contribution in [3.63, 3.8) is 0 Å². The van der Waals surface area contributed by atoms with Crippen molar-refractivity contribution < 1.29 is 0 Å². The van der Waals surface area contributed by atoms with Crippen LogP contribution in [0.3, 0.4) is 0 Å². The quantitative estimate of drug-likeness (QED) is 0.734. The third-order valence-electron chi connectivity index (χ3n) is 4.97. The Kier molecular flexibility index (Phi) is 5.67. The summed E-state index contributed by atoms with van der Waals surface area (Å²) in [6, 6.07) is 4.60. The van der Waals surface area contributed by atoms with Gasteiger partial charge >= 0.3 is 0 Å². The number of imidazole rings is 1. The van der Waals surface area contributed by atoms with E-state index in [0.29, 0.717) is 6.04 Å². The zero-order chi connectivity index (χ0) is 17.1. The maximum Gasteiger partial charge on any atom is 0.203 e. The van der Waals surface area contributed by atoms with Crippen LogP contribution in [-0.4, -0.2) is 41.1 Å². The van der Waals surface area contributed by atoms with Crippen LogP contribution in [-0.2, 0) is 6.42 Å².